The van der Waals surface area contributed by atoms with Gasteiger partial charge in [0.15, 0.2) is 11.6 Å². The van der Waals surface area contributed by atoms with E-state index >= 15 is 0 Å². The van der Waals surface area contributed by atoms with Crippen molar-refractivity contribution in [3.63, 3.8) is 0 Å². The van der Waals surface area contributed by atoms with Gasteiger partial charge in [0.2, 0.25) is 0 Å². The number of ether oxygens (including phenoxy) is 1. The number of benzene rings is 2. The molecule has 0 amide bonds. The number of methoxy groups -OCH3 is 1. The van der Waals surface area contributed by atoms with Gasteiger partial charge >= 0.3 is 5.97 Å². The predicted octanol–water partition coefficient (Wildman–Crippen LogP) is 3.31. The molecular formula is C14H10BrF2NO4S. The van der Waals surface area contributed by atoms with Crippen molar-refractivity contribution in [1.82, 2.24) is 0 Å². The molecule has 0 spiro atoms. The summed E-state index contributed by atoms with van der Waals surface area (Å²) in [6.45, 7) is 0. The molecule has 9 heteroatoms. The Morgan fingerprint density at radius 2 is 1.83 bits per heavy atom. The number of rotatable bonds is 4. The van der Waals surface area contributed by atoms with E-state index in [1.54, 1.807) is 0 Å². The van der Waals surface area contributed by atoms with Crippen molar-refractivity contribution in [2.45, 2.75) is 4.90 Å². The monoisotopic (exact) mass is 405 g/mol. The van der Waals surface area contributed by atoms with E-state index in [0.29, 0.717) is 10.5 Å². The third kappa shape index (κ3) is 3.85. The van der Waals surface area contributed by atoms with E-state index in [4.69, 9.17) is 0 Å². The normalized spacial score (nSPS) is 11.1. The number of hydrogen-bond acceptors (Lipinski definition) is 4. The summed E-state index contributed by atoms with van der Waals surface area (Å²) in [5.74, 6) is -3.15. The van der Waals surface area contributed by atoms with Crippen LogP contribution in [0.1, 0.15) is 10.4 Å². The Labute approximate surface area is 139 Å². The van der Waals surface area contributed by atoms with Crippen LogP contribution in [0.15, 0.2) is 45.8 Å². The second-order valence-electron chi connectivity index (χ2n) is 4.37. The van der Waals surface area contributed by atoms with E-state index in [1.807, 2.05) is 0 Å². The number of carbonyl (C=O) groups excluding carboxylic acids is 1. The van der Waals surface area contributed by atoms with Crippen LogP contribution in [-0.2, 0) is 14.8 Å². The maximum absolute atomic E-state index is 13.2. The first-order valence-electron chi connectivity index (χ1n) is 6.10. The standard InChI is InChI=1S/C14H10BrF2NO4S/c1-22-14(19)10-6-8(15)2-5-13(10)23(20,21)18-9-3-4-11(16)12(17)7-9/h2-7,18H,1H3. The average Bonchev–Trinajstić information content (AvgIpc) is 2.49. The summed E-state index contributed by atoms with van der Waals surface area (Å²) in [5, 5.41) is 0. The fraction of sp³-hybridized carbons (Fsp3) is 0.0714. The van der Waals surface area contributed by atoms with Crippen LogP contribution in [-0.4, -0.2) is 21.5 Å². The van der Waals surface area contributed by atoms with Gasteiger partial charge in [0, 0.05) is 10.5 Å². The van der Waals surface area contributed by atoms with Crippen molar-refractivity contribution < 1.29 is 26.7 Å². The van der Waals surface area contributed by atoms with E-state index in [0.717, 1.165) is 19.2 Å². The molecule has 0 aliphatic heterocycles. The van der Waals surface area contributed by atoms with E-state index in [1.165, 1.54) is 18.2 Å². The highest BCUT2D eigenvalue weighted by molar-refractivity contribution is 9.10. The lowest BCUT2D eigenvalue weighted by atomic mass is 10.2. The first kappa shape index (κ1) is 17.4. The van der Waals surface area contributed by atoms with Gasteiger partial charge in [-0.25, -0.2) is 22.0 Å². The Hall–Kier alpha value is -2.00. The molecule has 2 aromatic rings. The third-order valence-electron chi connectivity index (χ3n) is 2.81. The average molecular weight is 406 g/mol. The minimum atomic E-state index is -4.21. The number of sulfonamides is 1. The largest absolute Gasteiger partial charge is 0.465 e. The number of carbonyl (C=O) groups is 1. The molecule has 0 atom stereocenters. The van der Waals surface area contributed by atoms with E-state index in [9.17, 15) is 22.0 Å². The zero-order valence-electron chi connectivity index (χ0n) is 11.6. The number of anilines is 1. The zero-order valence-corrected chi connectivity index (χ0v) is 14.0. The molecule has 1 N–H and O–H groups in total. The summed E-state index contributed by atoms with van der Waals surface area (Å²) in [6.07, 6.45) is 0. The van der Waals surface area contributed by atoms with Gasteiger partial charge in [0.1, 0.15) is 4.90 Å². The number of hydrogen-bond donors (Lipinski definition) is 1. The molecule has 2 rings (SSSR count). The summed E-state index contributed by atoms with van der Waals surface area (Å²) in [7, 11) is -3.09. The Morgan fingerprint density at radius 3 is 2.43 bits per heavy atom. The Morgan fingerprint density at radius 1 is 1.13 bits per heavy atom. The quantitative estimate of drug-likeness (QED) is 0.791. The number of halogens is 3. The molecule has 0 saturated heterocycles. The van der Waals surface area contributed by atoms with Crippen molar-refractivity contribution in [3.8, 4) is 0 Å². The second-order valence-corrected chi connectivity index (χ2v) is 6.93. The van der Waals surface area contributed by atoms with Gasteiger partial charge in [-0.3, -0.25) is 4.72 Å². The van der Waals surface area contributed by atoms with Gasteiger partial charge in [-0.05, 0) is 30.3 Å². The fourth-order valence-electron chi connectivity index (χ4n) is 1.78. The Balaban J connectivity index is 2.47. The first-order valence-corrected chi connectivity index (χ1v) is 8.38. The highest BCUT2D eigenvalue weighted by Gasteiger charge is 2.24. The third-order valence-corrected chi connectivity index (χ3v) is 4.74. The summed E-state index contributed by atoms with van der Waals surface area (Å²) < 4.78 is 58.0. The second kappa shape index (κ2) is 6.63. The van der Waals surface area contributed by atoms with E-state index in [-0.39, 0.29) is 16.1 Å². The molecule has 0 saturated carbocycles. The number of nitrogens with one attached hydrogen (secondary N) is 1. The van der Waals surface area contributed by atoms with Crippen LogP contribution in [0.4, 0.5) is 14.5 Å². The molecule has 5 nitrogen and oxygen atoms in total. The minimum Gasteiger partial charge on any atom is -0.465 e. The fourth-order valence-corrected chi connectivity index (χ4v) is 3.36. The van der Waals surface area contributed by atoms with Crippen molar-refractivity contribution in [3.05, 3.63) is 58.1 Å². The van der Waals surface area contributed by atoms with Crippen LogP contribution in [0.3, 0.4) is 0 Å². The lowest BCUT2D eigenvalue weighted by molar-refractivity contribution is 0.0596. The molecule has 0 aromatic heterocycles. The minimum absolute atomic E-state index is 0.178. The van der Waals surface area contributed by atoms with Crippen LogP contribution in [0.5, 0.6) is 0 Å². The smallest absolute Gasteiger partial charge is 0.339 e. The summed E-state index contributed by atoms with van der Waals surface area (Å²) in [4.78, 5) is 11.4. The van der Waals surface area contributed by atoms with Crippen LogP contribution in [0, 0.1) is 11.6 Å². The number of esters is 1. The lowest BCUT2D eigenvalue weighted by Gasteiger charge is -2.12. The van der Waals surface area contributed by atoms with Crippen LogP contribution < -0.4 is 4.72 Å². The maximum Gasteiger partial charge on any atom is 0.339 e. The molecule has 0 aliphatic carbocycles. The lowest BCUT2D eigenvalue weighted by Crippen LogP contribution is -2.17. The van der Waals surface area contributed by atoms with E-state index in [2.05, 4.69) is 25.4 Å². The molecule has 0 radical (unpaired) electrons. The summed E-state index contributed by atoms with van der Waals surface area (Å²) in [6, 6.07) is 6.45. The van der Waals surface area contributed by atoms with Crippen molar-refractivity contribution in [2.24, 2.45) is 0 Å². The van der Waals surface area contributed by atoms with Gasteiger partial charge in [0.05, 0.1) is 18.4 Å². The molecule has 0 heterocycles. The maximum atomic E-state index is 13.2. The van der Waals surface area contributed by atoms with Gasteiger partial charge in [-0.2, -0.15) is 0 Å². The predicted molar refractivity (Wildman–Crippen MR) is 82.6 cm³/mol. The van der Waals surface area contributed by atoms with Gasteiger partial charge in [-0.1, -0.05) is 15.9 Å². The van der Waals surface area contributed by atoms with Gasteiger partial charge < -0.3 is 4.74 Å². The first-order chi connectivity index (χ1) is 10.7. The van der Waals surface area contributed by atoms with Gasteiger partial charge in [-0.15, -0.1) is 0 Å². The van der Waals surface area contributed by atoms with Crippen molar-refractivity contribution in [1.29, 1.82) is 0 Å². The summed E-state index contributed by atoms with van der Waals surface area (Å²) in [5.41, 5.74) is -0.375. The highest BCUT2D eigenvalue weighted by Crippen LogP contribution is 2.24. The molecule has 0 aliphatic rings. The Kier molecular flexibility index (Phi) is 5.00. The topological polar surface area (TPSA) is 72.5 Å². The SMILES string of the molecule is COC(=O)c1cc(Br)ccc1S(=O)(=O)Nc1ccc(F)c(F)c1. The molecule has 2 aromatic carbocycles. The molecule has 23 heavy (non-hydrogen) atoms. The highest BCUT2D eigenvalue weighted by atomic mass is 79.9. The van der Waals surface area contributed by atoms with Crippen LogP contribution >= 0.6 is 15.9 Å². The van der Waals surface area contributed by atoms with Gasteiger partial charge in [0.25, 0.3) is 10.0 Å². The molecule has 0 fully saturated rings. The van der Waals surface area contributed by atoms with Crippen LogP contribution in [0.2, 0.25) is 0 Å². The van der Waals surface area contributed by atoms with E-state index < -0.39 is 27.6 Å². The van der Waals surface area contributed by atoms with Crippen LogP contribution in [0.25, 0.3) is 0 Å². The Bertz CT molecular complexity index is 871. The van der Waals surface area contributed by atoms with Crippen molar-refractivity contribution >= 4 is 37.6 Å². The molecule has 122 valence electrons. The molecule has 0 unspecified atom stereocenters. The van der Waals surface area contributed by atoms with Crippen molar-refractivity contribution in [2.75, 3.05) is 11.8 Å². The summed E-state index contributed by atoms with van der Waals surface area (Å²) >= 11 is 3.13. The molecule has 0 bridgehead atoms. The zero-order chi connectivity index (χ0) is 17.2. The molecular weight excluding hydrogens is 396 g/mol.